The normalized spacial score (nSPS) is 21.1. The Balaban J connectivity index is 1.46. The van der Waals surface area contributed by atoms with Crippen LogP contribution in [0.15, 0.2) is 12.3 Å². The molecule has 6 nitrogen and oxygen atoms in total. The van der Waals surface area contributed by atoms with Gasteiger partial charge in [-0.25, -0.2) is 4.79 Å². The Bertz CT molecular complexity index is 551. The summed E-state index contributed by atoms with van der Waals surface area (Å²) in [7, 11) is 0. The molecule has 1 amide bonds. The SMILES string of the molecule is O=C(Cn1ccc(C(=O)O)n1)NC1CC2(CCCCCC2)C1. The number of rotatable bonds is 4. The number of aromatic carboxylic acids is 1. The summed E-state index contributed by atoms with van der Waals surface area (Å²) in [6.45, 7) is 0.0801. The van der Waals surface area contributed by atoms with Gasteiger partial charge in [0.05, 0.1) is 0 Å². The lowest BCUT2D eigenvalue weighted by Gasteiger charge is -2.48. The fourth-order valence-electron chi connectivity index (χ4n) is 3.96. The molecule has 1 heterocycles. The number of nitrogens with zero attached hydrogens (tertiary/aromatic N) is 2. The molecule has 0 aromatic carbocycles. The molecule has 0 saturated heterocycles. The molecule has 3 rings (SSSR count). The monoisotopic (exact) mass is 305 g/mol. The highest BCUT2D eigenvalue weighted by Crippen LogP contribution is 2.50. The van der Waals surface area contributed by atoms with Crippen molar-refractivity contribution >= 4 is 11.9 Å². The van der Waals surface area contributed by atoms with E-state index in [4.69, 9.17) is 5.11 Å². The summed E-state index contributed by atoms with van der Waals surface area (Å²) in [5.74, 6) is -1.16. The lowest BCUT2D eigenvalue weighted by molar-refractivity contribution is -0.124. The van der Waals surface area contributed by atoms with E-state index in [-0.39, 0.29) is 24.2 Å². The summed E-state index contributed by atoms with van der Waals surface area (Å²) in [6.07, 6.45) is 11.7. The van der Waals surface area contributed by atoms with Crippen LogP contribution in [0.4, 0.5) is 0 Å². The van der Waals surface area contributed by atoms with E-state index in [1.165, 1.54) is 55.5 Å². The van der Waals surface area contributed by atoms with Crippen LogP contribution in [-0.2, 0) is 11.3 Å². The van der Waals surface area contributed by atoms with E-state index in [9.17, 15) is 9.59 Å². The molecule has 6 heteroatoms. The second-order valence-electron chi connectivity index (χ2n) is 6.79. The van der Waals surface area contributed by atoms with Crippen molar-refractivity contribution in [3.8, 4) is 0 Å². The molecule has 2 N–H and O–H groups in total. The maximum absolute atomic E-state index is 12.0. The van der Waals surface area contributed by atoms with E-state index < -0.39 is 5.97 Å². The second-order valence-corrected chi connectivity index (χ2v) is 6.79. The number of carboxylic acid groups (broad SMARTS) is 1. The number of hydrogen-bond donors (Lipinski definition) is 2. The van der Waals surface area contributed by atoms with Gasteiger partial charge in [-0.1, -0.05) is 25.7 Å². The van der Waals surface area contributed by atoms with Crippen molar-refractivity contribution in [1.82, 2.24) is 15.1 Å². The Morgan fingerprint density at radius 3 is 2.55 bits per heavy atom. The first-order chi connectivity index (χ1) is 10.6. The third kappa shape index (κ3) is 3.31. The van der Waals surface area contributed by atoms with Crippen molar-refractivity contribution in [2.24, 2.45) is 5.41 Å². The Hall–Kier alpha value is -1.85. The Morgan fingerprint density at radius 1 is 1.27 bits per heavy atom. The van der Waals surface area contributed by atoms with Gasteiger partial charge >= 0.3 is 5.97 Å². The van der Waals surface area contributed by atoms with E-state index in [2.05, 4.69) is 10.4 Å². The summed E-state index contributed by atoms with van der Waals surface area (Å²) in [5.41, 5.74) is 0.449. The zero-order chi connectivity index (χ0) is 15.6. The van der Waals surface area contributed by atoms with Crippen LogP contribution in [0.5, 0.6) is 0 Å². The highest BCUT2D eigenvalue weighted by molar-refractivity contribution is 5.85. The smallest absolute Gasteiger partial charge is 0.356 e. The first-order valence-electron chi connectivity index (χ1n) is 8.12. The van der Waals surface area contributed by atoms with Gasteiger partial charge in [0.15, 0.2) is 5.69 Å². The molecule has 1 aromatic heterocycles. The van der Waals surface area contributed by atoms with E-state index in [0.29, 0.717) is 5.41 Å². The summed E-state index contributed by atoms with van der Waals surface area (Å²) in [4.78, 5) is 22.8. The van der Waals surface area contributed by atoms with E-state index in [0.717, 1.165) is 12.8 Å². The molecule has 0 atom stereocenters. The highest BCUT2D eigenvalue weighted by atomic mass is 16.4. The van der Waals surface area contributed by atoms with Crippen LogP contribution in [0.1, 0.15) is 61.9 Å². The Kier molecular flexibility index (Phi) is 4.18. The molecule has 0 aliphatic heterocycles. The molecule has 2 fully saturated rings. The maximum Gasteiger partial charge on any atom is 0.356 e. The van der Waals surface area contributed by atoms with Gasteiger partial charge in [-0.2, -0.15) is 5.10 Å². The van der Waals surface area contributed by atoms with E-state index in [1.807, 2.05) is 0 Å². The lowest BCUT2D eigenvalue weighted by Crippen LogP contribution is -2.51. The van der Waals surface area contributed by atoms with Gasteiger partial charge in [-0.3, -0.25) is 9.48 Å². The highest BCUT2D eigenvalue weighted by Gasteiger charge is 2.44. The molecule has 1 aromatic rings. The molecule has 120 valence electrons. The van der Waals surface area contributed by atoms with E-state index >= 15 is 0 Å². The summed E-state index contributed by atoms with van der Waals surface area (Å²) >= 11 is 0. The van der Waals surface area contributed by atoms with Crippen molar-refractivity contribution in [2.45, 2.75) is 64.0 Å². The first kappa shape index (κ1) is 15.1. The number of nitrogens with one attached hydrogen (secondary N) is 1. The van der Waals surface area contributed by atoms with Gasteiger partial charge in [-0.15, -0.1) is 0 Å². The van der Waals surface area contributed by atoms with Crippen molar-refractivity contribution in [2.75, 3.05) is 0 Å². The molecular formula is C16H23N3O3. The summed E-state index contributed by atoms with van der Waals surface area (Å²) < 4.78 is 1.37. The minimum Gasteiger partial charge on any atom is -0.476 e. The third-order valence-corrected chi connectivity index (χ3v) is 5.05. The average Bonchev–Trinajstić information content (AvgIpc) is 2.75. The third-order valence-electron chi connectivity index (χ3n) is 5.05. The fraction of sp³-hybridized carbons (Fsp3) is 0.688. The van der Waals surface area contributed by atoms with Crippen molar-refractivity contribution in [1.29, 1.82) is 0 Å². The number of amides is 1. The first-order valence-corrected chi connectivity index (χ1v) is 8.12. The lowest BCUT2D eigenvalue weighted by atomic mass is 9.61. The van der Waals surface area contributed by atoms with Crippen LogP contribution in [0.2, 0.25) is 0 Å². The minimum absolute atomic E-state index is 0.0335. The zero-order valence-corrected chi connectivity index (χ0v) is 12.8. The average molecular weight is 305 g/mol. The van der Waals surface area contributed by atoms with Gasteiger partial charge in [0.1, 0.15) is 6.54 Å². The second kappa shape index (κ2) is 6.10. The van der Waals surface area contributed by atoms with Crippen molar-refractivity contribution < 1.29 is 14.7 Å². The predicted octanol–water partition coefficient (Wildman–Crippen LogP) is 2.20. The standard InChI is InChI=1S/C16H23N3O3/c20-14(11-19-8-5-13(18-19)15(21)22)17-12-9-16(10-12)6-3-1-2-4-7-16/h5,8,12H,1-4,6-7,9-11H2,(H,17,20)(H,21,22). The predicted molar refractivity (Wildman–Crippen MR) is 80.5 cm³/mol. The van der Waals surface area contributed by atoms with Crippen LogP contribution >= 0.6 is 0 Å². The molecule has 0 unspecified atom stereocenters. The Morgan fingerprint density at radius 2 is 1.95 bits per heavy atom. The van der Waals surface area contributed by atoms with Gasteiger partial charge in [0.25, 0.3) is 0 Å². The van der Waals surface area contributed by atoms with Crippen LogP contribution < -0.4 is 5.32 Å². The number of carbonyl (C=O) groups excluding carboxylic acids is 1. The minimum atomic E-state index is -1.08. The molecular weight excluding hydrogens is 282 g/mol. The van der Waals surface area contributed by atoms with Gasteiger partial charge < -0.3 is 10.4 Å². The molecule has 0 bridgehead atoms. The van der Waals surface area contributed by atoms with Crippen LogP contribution in [0, 0.1) is 5.41 Å². The Labute approximate surface area is 129 Å². The number of carbonyl (C=O) groups is 2. The van der Waals surface area contributed by atoms with Crippen LogP contribution in [-0.4, -0.2) is 32.8 Å². The zero-order valence-electron chi connectivity index (χ0n) is 12.8. The maximum atomic E-state index is 12.0. The molecule has 0 radical (unpaired) electrons. The summed E-state index contributed by atoms with van der Waals surface area (Å²) in [5, 5.41) is 15.7. The number of hydrogen-bond acceptors (Lipinski definition) is 3. The molecule has 1 spiro atoms. The van der Waals surface area contributed by atoms with Gasteiger partial charge in [0, 0.05) is 12.2 Å². The van der Waals surface area contributed by atoms with Gasteiger partial charge in [-0.05, 0) is 37.2 Å². The number of carboxylic acids is 1. The van der Waals surface area contributed by atoms with Crippen LogP contribution in [0.25, 0.3) is 0 Å². The topological polar surface area (TPSA) is 84.2 Å². The quantitative estimate of drug-likeness (QED) is 0.893. The van der Waals surface area contributed by atoms with Gasteiger partial charge in [0.2, 0.25) is 5.91 Å². The fourth-order valence-corrected chi connectivity index (χ4v) is 3.96. The van der Waals surface area contributed by atoms with Crippen molar-refractivity contribution in [3.05, 3.63) is 18.0 Å². The molecule has 22 heavy (non-hydrogen) atoms. The number of aromatic nitrogens is 2. The van der Waals surface area contributed by atoms with Crippen LogP contribution in [0.3, 0.4) is 0 Å². The summed E-state index contributed by atoms with van der Waals surface area (Å²) in [6, 6.07) is 1.68. The van der Waals surface area contributed by atoms with E-state index in [1.54, 1.807) is 0 Å². The molecule has 2 aliphatic carbocycles. The molecule has 2 aliphatic rings. The van der Waals surface area contributed by atoms with Crippen molar-refractivity contribution in [3.63, 3.8) is 0 Å². The largest absolute Gasteiger partial charge is 0.476 e. The molecule has 2 saturated carbocycles.